The molecular formula is C28H36N2O5. The number of carbonyl (C=O) groups is 3. The first-order valence-electron chi connectivity index (χ1n) is 12.3. The molecule has 0 fully saturated rings. The lowest BCUT2D eigenvalue weighted by molar-refractivity contribution is -0.142. The molecule has 7 nitrogen and oxygen atoms in total. The summed E-state index contributed by atoms with van der Waals surface area (Å²) in [6.45, 7) is 7.99. The van der Waals surface area contributed by atoms with E-state index in [9.17, 15) is 19.5 Å². The summed E-state index contributed by atoms with van der Waals surface area (Å²) in [5, 5.41) is 14.8. The Hall–Kier alpha value is -3.35. The van der Waals surface area contributed by atoms with Crippen LogP contribution in [-0.4, -0.2) is 41.8 Å². The minimum Gasteiger partial charge on any atom is -0.480 e. The molecule has 3 N–H and O–H groups in total. The van der Waals surface area contributed by atoms with Gasteiger partial charge in [-0.05, 0) is 53.4 Å². The third-order valence-corrected chi connectivity index (χ3v) is 6.31. The molecule has 2 atom stereocenters. The molecule has 0 aromatic heterocycles. The number of rotatable bonds is 11. The Morgan fingerprint density at radius 3 is 1.91 bits per heavy atom. The van der Waals surface area contributed by atoms with E-state index in [-0.39, 0.29) is 18.4 Å². The highest BCUT2D eigenvalue weighted by Crippen LogP contribution is 2.44. The summed E-state index contributed by atoms with van der Waals surface area (Å²) < 4.78 is 5.60. The van der Waals surface area contributed by atoms with Crippen LogP contribution < -0.4 is 10.6 Å². The molecule has 0 heterocycles. The van der Waals surface area contributed by atoms with E-state index in [2.05, 4.69) is 22.8 Å². The van der Waals surface area contributed by atoms with Crippen molar-refractivity contribution in [3.8, 4) is 11.1 Å². The van der Waals surface area contributed by atoms with Gasteiger partial charge in [0, 0.05) is 5.92 Å². The van der Waals surface area contributed by atoms with Gasteiger partial charge in [0.2, 0.25) is 5.91 Å². The fraction of sp³-hybridized carbons (Fsp3) is 0.464. The van der Waals surface area contributed by atoms with Gasteiger partial charge in [0.1, 0.15) is 18.7 Å². The Kier molecular flexibility index (Phi) is 8.90. The molecule has 0 spiro atoms. The van der Waals surface area contributed by atoms with Crippen molar-refractivity contribution in [2.75, 3.05) is 6.61 Å². The molecule has 2 aromatic carbocycles. The molecule has 188 valence electrons. The lowest BCUT2D eigenvalue weighted by Crippen LogP contribution is -2.52. The van der Waals surface area contributed by atoms with Crippen LogP contribution in [0.5, 0.6) is 0 Å². The Labute approximate surface area is 207 Å². The second-order valence-corrected chi connectivity index (χ2v) is 10.0. The van der Waals surface area contributed by atoms with Gasteiger partial charge in [-0.2, -0.15) is 0 Å². The lowest BCUT2D eigenvalue weighted by atomic mass is 9.98. The molecule has 3 rings (SSSR count). The zero-order chi connectivity index (χ0) is 25.5. The van der Waals surface area contributed by atoms with Crippen LogP contribution in [0.1, 0.15) is 64.0 Å². The van der Waals surface area contributed by atoms with Gasteiger partial charge in [-0.3, -0.25) is 4.79 Å². The van der Waals surface area contributed by atoms with Crippen LogP contribution in [-0.2, 0) is 14.3 Å². The highest BCUT2D eigenvalue weighted by atomic mass is 16.5. The first kappa shape index (κ1) is 26.3. The highest BCUT2D eigenvalue weighted by Gasteiger charge is 2.31. The van der Waals surface area contributed by atoms with Crippen LogP contribution in [0, 0.1) is 11.8 Å². The maximum atomic E-state index is 12.9. The van der Waals surface area contributed by atoms with Crippen molar-refractivity contribution >= 4 is 18.0 Å². The Morgan fingerprint density at radius 1 is 0.829 bits per heavy atom. The number of carboxylic acids is 1. The van der Waals surface area contributed by atoms with Gasteiger partial charge in [0.15, 0.2) is 0 Å². The van der Waals surface area contributed by atoms with E-state index in [4.69, 9.17) is 4.74 Å². The van der Waals surface area contributed by atoms with Crippen molar-refractivity contribution < 1.29 is 24.2 Å². The number of carboxylic acid groups (broad SMARTS) is 1. The Morgan fingerprint density at radius 2 is 1.40 bits per heavy atom. The SMILES string of the molecule is CC(C)CCC(NC(=O)OCC1c2ccccc2-c2ccccc21)C(=O)NC(CC(C)C)C(=O)O. The molecular weight excluding hydrogens is 444 g/mol. The third-order valence-electron chi connectivity index (χ3n) is 6.31. The number of aliphatic carboxylic acids is 1. The number of alkyl carbamates (subject to hydrolysis) is 1. The molecule has 1 aliphatic rings. The topological polar surface area (TPSA) is 105 Å². The number of hydrogen-bond acceptors (Lipinski definition) is 4. The molecule has 2 aromatic rings. The predicted molar refractivity (Wildman–Crippen MR) is 135 cm³/mol. The summed E-state index contributed by atoms with van der Waals surface area (Å²) in [6.07, 6.45) is 0.709. The standard InChI is InChI=1S/C28H36N2O5/c1-17(2)13-14-24(26(31)29-25(27(32)33)15-18(3)4)30-28(34)35-16-23-21-11-7-5-9-19(21)20-10-6-8-12-22(20)23/h5-12,17-18,23-25H,13-16H2,1-4H3,(H,29,31)(H,30,34)(H,32,33). The van der Waals surface area contributed by atoms with E-state index in [1.54, 1.807) is 0 Å². The maximum absolute atomic E-state index is 12.9. The summed E-state index contributed by atoms with van der Waals surface area (Å²) >= 11 is 0. The van der Waals surface area contributed by atoms with Crippen LogP contribution in [0.15, 0.2) is 48.5 Å². The Bertz CT molecular complexity index is 1000. The van der Waals surface area contributed by atoms with Gasteiger partial charge in [0.25, 0.3) is 0 Å². The maximum Gasteiger partial charge on any atom is 0.407 e. The second-order valence-electron chi connectivity index (χ2n) is 10.0. The molecule has 35 heavy (non-hydrogen) atoms. The van der Waals surface area contributed by atoms with Gasteiger partial charge >= 0.3 is 12.1 Å². The van der Waals surface area contributed by atoms with Gasteiger partial charge in [0.05, 0.1) is 0 Å². The van der Waals surface area contributed by atoms with E-state index in [0.717, 1.165) is 22.3 Å². The van der Waals surface area contributed by atoms with Crippen LogP contribution >= 0.6 is 0 Å². The number of amides is 2. The fourth-order valence-corrected chi connectivity index (χ4v) is 4.52. The normalized spacial score (nSPS) is 14.2. The minimum atomic E-state index is -1.09. The predicted octanol–water partition coefficient (Wildman–Crippen LogP) is 4.95. The highest BCUT2D eigenvalue weighted by molar-refractivity contribution is 5.89. The van der Waals surface area contributed by atoms with Crippen LogP contribution in [0.3, 0.4) is 0 Å². The molecule has 7 heteroatoms. The summed E-state index contributed by atoms with van der Waals surface area (Å²) in [7, 11) is 0. The lowest BCUT2D eigenvalue weighted by Gasteiger charge is -2.23. The summed E-state index contributed by atoms with van der Waals surface area (Å²) in [4.78, 5) is 37.3. The number of carbonyl (C=O) groups excluding carboxylic acids is 2. The zero-order valence-corrected chi connectivity index (χ0v) is 20.9. The molecule has 0 radical (unpaired) electrons. The largest absolute Gasteiger partial charge is 0.480 e. The Balaban J connectivity index is 1.67. The van der Waals surface area contributed by atoms with Gasteiger partial charge < -0.3 is 20.5 Å². The van der Waals surface area contributed by atoms with Crippen molar-refractivity contribution in [1.82, 2.24) is 10.6 Å². The number of ether oxygens (including phenoxy) is 1. The van der Waals surface area contributed by atoms with Gasteiger partial charge in [-0.1, -0.05) is 76.2 Å². The number of nitrogens with one attached hydrogen (secondary N) is 2. The molecule has 2 unspecified atom stereocenters. The van der Waals surface area contributed by atoms with Crippen LogP contribution in [0.25, 0.3) is 11.1 Å². The average Bonchev–Trinajstić information content (AvgIpc) is 3.13. The number of hydrogen-bond donors (Lipinski definition) is 3. The van der Waals surface area contributed by atoms with Gasteiger partial charge in [-0.25, -0.2) is 9.59 Å². The van der Waals surface area contributed by atoms with Crippen molar-refractivity contribution in [3.05, 3.63) is 59.7 Å². The number of fused-ring (bicyclic) bond motifs is 3. The summed E-state index contributed by atoms with van der Waals surface area (Å²) in [6, 6.07) is 14.3. The first-order valence-corrected chi connectivity index (χ1v) is 12.3. The zero-order valence-electron chi connectivity index (χ0n) is 20.9. The van der Waals surface area contributed by atoms with E-state index in [0.29, 0.717) is 25.2 Å². The molecule has 0 saturated carbocycles. The second kappa shape index (κ2) is 11.9. The quantitative estimate of drug-likeness (QED) is 0.422. The van der Waals surface area contributed by atoms with Crippen molar-refractivity contribution in [3.63, 3.8) is 0 Å². The summed E-state index contributed by atoms with van der Waals surface area (Å²) in [5.74, 6) is -1.26. The van der Waals surface area contributed by atoms with Crippen LogP contribution in [0.2, 0.25) is 0 Å². The van der Waals surface area contributed by atoms with Crippen molar-refractivity contribution in [2.24, 2.45) is 11.8 Å². The first-order chi connectivity index (χ1) is 16.7. The molecule has 0 aliphatic heterocycles. The molecule has 1 aliphatic carbocycles. The summed E-state index contributed by atoms with van der Waals surface area (Å²) in [5.41, 5.74) is 4.48. The van der Waals surface area contributed by atoms with E-state index >= 15 is 0 Å². The molecule has 2 amide bonds. The monoisotopic (exact) mass is 480 g/mol. The fourth-order valence-electron chi connectivity index (χ4n) is 4.52. The van der Waals surface area contributed by atoms with Gasteiger partial charge in [-0.15, -0.1) is 0 Å². The van der Waals surface area contributed by atoms with Crippen molar-refractivity contribution in [1.29, 1.82) is 0 Å². The van der Waals surface area contributed by atoms with Crippen LogP contribution in [0.4, 0.5) is 4.79 Å². The minimum absolute atomic E-state index is 0.0847. The average molecular weight is 481 g/mol. The van der Waals surface area contributed by atoms with E-state index in [1.807, 2.05) is 64.1 Å². The van der Waals surface area contributed by atoms with E-state index in [1.165, 1.54) is 0 Å². The number of benzene rings is 2. The third kappa shape index (κ3) is 6.84. The molecule has 0 bridgehead atoms. The smallest absolute Gasteiger partial charge is 0.407 e. The van der Waals surface area contributed by atoms with E-state index < -0.39 is 30.1 Å². The molecule has 0 saturated heterocycles. The van der Waals surface area contributed by atoms with Crippen molar-refractivity contribution in [2.45, 2.75) is 65.0 Å².